The number of rotatable bonds is 12. The van der Waals surface area contributed by atoms with Crippen molar-refractivity contribution in [2.45, 2.75) is 40.0 Å². The lowest BCUT2D eigenvalue weighted by atomic mass is 10.1. The van der Waals surface area contributed by atoms with Gasteiger partial charge in [0.1, 0.15) is 12.4 Å². The third kappa shape index (κ3) is 7.86. The Morgan fingerprint density at radius 3 is 2.59 bits per heavy atom. The van der Waals surface area contributed by atoms with Gasteiger partial charge in [0.2, 0.25) is 11.7 Å². The first-order chi connectivity index (χ1) is 18.5. The van der Waals surface area contributed by atoms with Gasteiger partial charge >= 0.3 is 0 Å². The molecule has 0 fully saturated rings. The van der Waals surface area contributed by atoms with Crippen LogP contribution in [-0.4, -0.2) is 64.7 Å². The molecule has 11 heteroatoms. The second-order valence-electron chi connectivity index (χ2n) is 9.08. The molecular weight excluding hydrogens is 508 g/mol. The number of ether oxygens (including phenoxy) is 1. The van der Waals surface area contributed by atoms with Crippen LogP contribution in [0.5, 0.6) is 5.88 Å². The molecule has 0 aliphatic heterocycles. The second-order valence-corrected chi connectivity index (χ2v) is 9.08. The number of hydrogen-bond donors (Lipinski definition) is 0. The third-order valence-electron chi connectivity index (χ3n) is 5.62. The van der Waals surface area contributed by atoms with Crippen LogP contribution in [0.3, 0.4) is 0 Å². The molecule has 0 saturated carbocycles. The largest absolute Gasteiger partial charge is 0.473 e. The fraction of sp³-hybridized carbons (Fsp3) is 0.357. The minimum absolute atomic E-state index is 0.0415. The number of allylic oxidation sites excluding steroid dienone is 1. The average molecular weight is 540 g/mol. The maximum atomic E-state index is 13.4. The van der Waals surface area contributed by atoms with Crippen LogP contribution in [0.4, 0.5) is 8.78 Å². The maximum absolute atomic E-state index is 13.4. The topological polar surface area (TPSA) is 111 Å². The molecule has 206 valence electrons. The van der Waals surface area contributed by atoms with Crippen molar-refractivity contribution in [1.29, 1.82) is 0 Å². The van der Waals surface area contributed by atoms with Crippen LogP contribution in [0.15, 0.2) is 57.7 Å². The van der Waals surface area contributed by atoms with Gasteiger partial charge in [0.15, 0.2) is 0 Å². The summed E-state index contributed by atoms with van der Waals surface area (Å²) in [5, 5.41) is 4.07. The molecule has 0 bridgehead atoms. The van der Waals surface area contributed by atoms with E-state index in [9.17, 15) is 18.4 Å². The van der Waals surface area contributed by atoms with Crippen LogP contribution >= 0.6 is 0 Å². The third-order valence-corrected chi connectivity index (χ3v) is 5.62. The monoisotopic (exact) mass is 539 g/mol. The van der Waals surface area contributed by atoms with Gasteiger partial charge < -0.3 is 14.2 Å². The zero-order chi connectivity index (χ0) is 28.6. The van der Waals surface area contributed by atoms with Crippen molar-refractivity contribution in [2.24, 2.45) is 4.99 Å². The highest BCUT2D eigenvalue weighted by atomic mass is 19.3. The average Bonchev–Trinajstić information content (AvgIpc) is 3.39. The number of benzene rings is 1. The summed E-state index contributed by atoms with van der Waals surface area (Å²) in [6, 6.07) is 9.44. The first-order valence-electron chi connectivity index (χ1n) is 12.4. The molecule has 0 N–H and O–H groups in total. The van der Waals surface area contributed by atoms with Crippen LogP contribution < -0.4 is 4.74 Å². The Hall–Kier alpha value is -4.28. The molecule has 39 heavy (non-hydrogen) atoms. The Balaban J connectivity index is 1.81. The number of hydrogen-bond acceptors (Lipinski definition) is 8. The predicted octanol–water partition coefficient (Wildman–Crippen LogP) is 5.24. The minimum Gasteiger partial charge on any atom is -0.473 e. The van der Waals surface area contributed by atoms with Crippen molar-refractivity contribution < 1.29 is 27.6 Å². The number of aromatic nitrogens is 3. The maximum Gasteiger partial charge on any atom is 0.272 e. The van der Waals surface area contributed by atoms with E-state index in [0.29, 0.717) is 28.8 Å². The van der Waals surface area contributed by atoms with E-state index in [-0.39, 0.29) is 48.0 Å². The van der Waals surface area contributed by atoms with Gasteiger partial charge in [-0.15, -0.1) is 0 Å². The summed E-state index contributed by atoms with van der Waals surface area (Å²) in [7, 11) is 1.59. The summed E-state index contributed by atoms with van der Waals surface area (Å²) < 4.78 is 38.0. The lowest BCUT2D eigenvalue weighted by Crippen LogP contribution is -2.35. The van der Waals surface area contributed by atoms with Crippen LogP contribution in [0, 0.1) is 0 Å². The SMILES string of the molecule is CCCN(CC(C)=O)C(=O)c1cccc(-c2noc(/C(C=NC)=C(/C)COc3ccc(C(C)(F)F)cn3)n2)c1. The summed E-state index contributed by atoms with van der Waals surface area (Å²) in [6.45, 7) is 6.55. The van der Waals surface area contributed by atoms with Gasteiger partial charge in [-0.3, -0.25) is 14.6 Å². The van der Waals surface area contributed by atoms with Gasteiger partial charge in [-0.1, -0.05) is 24.2 Å². The summed E-state index contributed by atoms with van der Waals surface area (Å²) in [4.78, 5) is 38.7. The van der Waals surface area contributed by atoms with Crippen molar-refractivity contribution >= 4 is 23.5 Å². The van der Waals surface area contributed by atoms with Crippen molar-refractivity contribution in [3.63, 3.8) is 0 Å². The van der Waals surface area contributed by atoms with Gasteiger partial charge in [0.05, 0.1) is 12.1 Å². The van der Waals surface area contributed by atoms with E-state index in [1.54, 1.807) is 44.5 Å². The minimum atomic E-state index is -2.99. The molecule has 1 amide bonds. The molecule has 1 aromatic carbocycles. The Bertz CT molecular complexity index is 1360. The molecule has 0 atom stereocenters. The highest BCUT2D eigenvalue weighted by molar-refractivity contribution is 6.09. The molecule has 2 heterocycles. The van der Waals surface area contributed by atoms with Crippen LogP contribution in [-0.2, 0) is 10.7 Å². The number of aliphatic imine (C=N–C) groups is 1. The number of amides is 1. The standard InChI is InChI=1S/C28H31F2N5O4/c1-6-12-35(16-19(3)36)27(37)21-9-7-8-20(13-21)25-33-26(39-34-25)23(15-31-5)18(2)17-38-24-11-10-22(14-32-24)28(4,29)30/h7-11,13-15H,6,12,16-17H2,1-5H3/b23-18-,31-15?. The van der Waals surface area contributed by atoms with E-state index in [2.05, 4.69) is 20.1 Å². The van der Waals surface area contributed by atoms with Crippen molar-refractivity contribution in [1.82, 2.24) is 20.0 Å². The fourth-order valence-electron chi connectivity index (χ4n) is 3.68. The van der Waals surface area contributed by atoms with E-state index in [4.69, 9.17) is 9.26 Å². The number of ketones is 1. The molecule has 0 aliphatic rings. The first kappa shape index (κ1) is 29.3. The molecular formula is C28H31F2N5O4. The zero-order valence-electron chi connectivity index (χ0n) is 22.6. The van der Waals surface area contributed by atoms with E-state index < -0.39 is 5.92 Å². The van der Waals surface area contributed by atoms with Crippen LogP contribution in [0.2, 0.25) is 0 Å². The predicted molar refractivity (Wildman–Crippen MR) is 143 cm³/mol. The first-order valence-corrected chi connectivity index (χ1v) is 12.4. The fourth-order valence-corrected chi connectivity index (χ4v) is 3.68. The van der Waals surface area contributed by atoms with Crippen molar-refractivity contribution in [3.05, 3.63) is 65.2 Å². The van der Waals surface area contributed by atoms with E-state index in [1.165, 1.54) is 24.0 Å². The molecule has 0 aliphatic carbocycles. The van der Waals surface area contributed by atoms with Crippen LogP contribution in [0.1, 0.15) is 55.9 Å². The molecule has 3 rings (SSSR count). The Labute approximate surface area is 225 Å². The van der Waals surface area contributed by atoms with Gasteiger partial charge in [-0.25, -0.2) is 13.8 Å². The lowest BCUT2D eigenvalue weighted by molar-refractivity contribution is -0.117. The number of pyridine rings is 1. The molecule has 0 saturated heterocycles. The Morgan fingerprint density at radius 2 is 1.97 bits per heavy atom. The normalized spacial score (nSPS) is 12.4. The summed E-state index contributed by atoms with van der Waals surface area (Å²) >= 11 is 0. The van der Waals surface area contributed by atoms with E-state index in [0.717, 1.165) is 19.5 Å². The molecule has 0 unspecified atom stereocenters. The second kappa shape index (κ2) is 13.0. The van der Waals surface area contributed by atoms with Crippen LogP contribution in [0.25, 0.3) is 17.0 Å². The molecule has 9 nitrogen and oxygen atoms in total. The van der Waals surface area contributed by atoms with Gasteiger partial charge in [0.25, 0.3) is 17.7 Å². The Kier molecular flexibility index (Phi) is 9.75. The van der Waals surface area contributed by atoms with Crippen molar-refractivity contribution in [3.8, 4) is 17.3 Å². The van der Waals surface area contributed by atoms with Gasteiger partial charge in [0, 0.05) is 55.7 Å². The number of Topliss-reactive ketones (excluding diaryl/α,β-unsaturated/α-hetero) is 1. The number of halogens is 2. The number of nitrogens with zero attached hydrogens (tertiary/aromatic N) is 5. The summed E-state index contributed by atoms with van der Waals surface area (Å²) in [5.74, 6) is -2.70. The van der Waals surface area contributed by atoms with Gasteiger partial charge in [-0.2, -0.15) is 4.98 Å². The highest BCUT2D eigenvalue weighted by Gasteiger charge is 2.24. The summed E-state index contributed by atoms with van der Waals surface area (Å²) in [6.07, 6.45) is 3.35. The highest BCUT2D eigenvalue weighted by Crippen LogP contribution is 2.27. The smallest absolute Gasteiger partial charge is 0.272 e. The quantitative estimate of drug-likeness (QED) is 0.290. The van der Waals surface area contributed by atoms with Crippen molar-refractivity contribution in [2.75, 3.05) is 26.7 Å². The van der Waals surface area contributed by atoms with Gasteiger partial charge in [-0.05, 0) is 44.0 Å². The molecule has 2 aromatic heterocycles. The summed E-state index contributed by atoms with van der Waals surface area (Å²) in [5.41, 5.74) is 1.97. The molecule has 0 radical (unpaired) electrons. The van der Waals surface area contributed by atoms with E-state index >= 15 is 0 Å². The Morgan fingerprint density at radius 1 is 1.21 bits per heavy atom. The number of carbonyl (C=O) groups is 2. The van der Waals surface area contributed by atoms with E-state index in [1.807, 2.05) is 6.92 Å². The molecule has 3 aromatic rings. The zero-order valence-corrected chi connectivity index (χ0v) is 22.6. The lowest BCUT2D eigenvalue weighted by Gasteiger charge is -2.20. The number of carbonyl (C=O) groups excluding carboxylic acids is 2. The molecule has 0 spiro atoms. The number of alkyl halides is 2.